The molecule has 2 aromatic carbocycles. The number of thioether (sulfide) groups is 1. The predicted molar refractivity (Wildman–Crippen MR) is 85.9 cm³/mol. The standard InChI is InChI=1S/C16H16BrFOS/c1-9-6-10(2)8-11(7-9)16(19)14-12(17)4-5-13(20-3)15(14)18/h4-8,16,19H,1-3H3. The van der Waals surface area contributed by atoms with Gasteiger partial charge in [-0.25, -0.2) is 4.39 Å². The van der Waals surface area contributed by atoms with Gasteiger partial charge in [0.05, 0.1) is 0 Å². The quantitative estimate of drug-likeness (QED) is 0.781. The van der Waals surface area contributed by atoms with Crippen molar-refractivity contribution in [2.24, 2.45) is 0 Å². The molecule has 0 aliphatic carbocycles. The average Bonchev–Trinajstić information content (AvgIpc) is 2.37. The van der Waals surface area contributed by atoms with Gasteiger partial charge in [0.1, 0.15) is 11.9 Å². The van der Waals surface area contributed by atoms with E-state index in [2.05, 4.69) is 15.9 Å². The molecule has 0 fully saturated rings. The lowest BCUT2D eigenvalue weighted by atomic mass is 9.97. The first kappa shape index (κ1) is 15.5. The number of aryl methyl sites for hydroxylation is 2. The number of rotatable bonds is 3. The Bertz CT molecular complexity index is 622. The van der Waals surface area contributed by atoms with Crippen LogP contribution in [-0.2, 0) is 0 Å². The first-order valence-electron chi connectivity index (χ1n) is 6.22. The number of benzene rings is 2. The highest BCUT2D eigenvalue weighted by Gasteiger charge is 2.21. The molecule has 2 rings (SSSR count). The first-order valence-corrected chi connectivity index (χ1v) is 8.24. The Balaban J connectivity index is 2.55. The highest BCUT2D eigenvalue weighted by atomic mass is 79.9. The lowest BCUT2D eigenvalue weighted by Gasteiger charge is -2.17. The fourth-order valence-electron chi connectivity index (χ4n) is 2.29. The Morgan fingerprint density at radius 1 is 1.15 bits per heavy atom. The van der Waals surface area contributed by atoms with Crippen molar-refractivity contribution in [3.8, 4) is 0 Å². The Morgan fingerprint density at radius 2 is 1.75 bits per heavy atom. The van der Waals surface area contributed by atoms with Crippen molar-refractivity contribution in [2.75, 3.05) is 6.26 Å². The molecule has 0 aliphatic heterocycles. The molecule has 1 atom stereocenters. The fraction of sp³-hybridized carbons (Fsp3) is 0.250. The van der Waals surface area contributed by atoms with Gasteiger partial charge in [-0.3, -0.25) is 0 Å². The number of halogens is 2. The van der Waals surface area contributed by atoms with Gasteiger partial charge in [0.15, 0.2) is 0 Å². The molecule has 0 heterocycles. The zero-order valence-electron chi connectivity index (χ0n) is 11.6. The van der Waals surface area contributed by atoms with Crippen LogP contribution >= 0.6 is 27.7 Å². The Hall–Kier alpha value is -0.840. The third kappa shape index (κ3) is 3.08. The predicted octanol–water partition coefficient (Wildman–Crippen LogP) is 5.01. The van der Waals surface area contributed by atoms with Crippen molar-refractivity contribution in [2.45, 2.75) is 24.8 Å². The molecular formula is C16H16BrFOS. The van der Waals surface area contributed by atoms with Crippen molar-refractivity contribution in [3.63, 3.8) is 0 Å². The van der Waals surface area contributed by atoms with Crippen molar-refractivity contribution >= 4 is 27.7 Å². The van der Waals surface area contributed by atoms with Gasteiger partial charge >= 0.3 is 0 Å². The normalized spacial score (nSPS) is 12.5. The van der Waals surface area contributed by atoms with E-state index >= 15 is 0 Å². The molecule has 4 heteroatoms. The number of hydrogen-bond acceptors (Lipinski definition) is 2. The van der Waals surface area contributed by atoms with Crippen molar-refractivity contribution in [1.82, 2.24) is 0 Å². The summed E-state index contributed by atoms with van der Waals surface area (Å²) in [6.45, 7) is 3.93. The van der Waals surface area contributed by atoms with Gasteiger partial charge in [0, 0.05) is 14.9 Å². The highest BCUT2D eigenvalue weighted by Crippen LogP contribution is 2.35. The van der Waals surface area contributed by atoms with E-state index in [0.29, 0.717) is 20.5 Å². The molecular weight excluding hydrogens is 339 g/mol. The van der Waals surface area contributed by atoms with Crippen LogP contribution in [0.3, 0.4) is 0 Å². The van der Waals surface area contributed by atoms with Gasteiger partial charge < -0.3 is 5.11 Å². The zero-order chi connectivity index (χ0) is 14.9. The maximum atomic E-state index is 14.5. The van der Waals surface area contributed by atoms with E-state index in [1.165, 1.54) is 11.8 Å². The van der Waals surface area contributed by atoms with Crippen molar-refractivity contribution < 1.29 is 9.50 Å². The molecule has 20 heavy (non-hydrogen) atoms. The topological polar surface area (TPSA) is 20.2 Å². The van der Waals surface area contributed by atoms with E-state index in [1.807, 2.05) is 38.3 Å². The minimum Gasteiger partial charge on any atom is -0.384 e. The van der Waals surface area contributed by atoms with Crippen LogP contribution in [0.5, 0.6) is 0 Å². The smallest absolute Gasteiger partial charge is 0.144 e. The first-order chi connectivity index (χ1) is 9.43. The molecule has 0 bridgehead atoms. The molecule has 0 saturated heterocycles. The van der Waals surface area contributed by atoms with Gasteiger partial charge in [0.2, 0.25) is 0 Å². The molecule has 1 N–H and O–H groups in total. The summed E-state index contributed by atoms with van der Waals surface area (Å²) < 4.78 is 15.0. The molecule has 0 spiro atoms. The van der Waals surface area contributed by atoms with Crippen LogP contribution in [0.25, 0.3) is 0 Å². The molecule has 0 saturated carbocycles. The molecule has 106 valence electrons. The second kappa shape index (κ2) is 6.29. The third-order valence-corrected chi connectivity index (χ3v) is 4.59. The SMILES string of the molecule is CSc1ccc(Br)c(C(O)c2cc(C)cc(C)c2)c1F. The monoisotopic (exact) mass is 354 g/mol. The Kier molecular flexibility index (Phi) is 4.89. The van der Waals surface area contributed by atoms with Crippen LogP contribution in [-0.4, -0.2) is 11.4 Å². The highest BCUT2D eigenvalue weighted by molar-refractivity contribution is 9.10. The summed E-state index contributed by atoms with van der Waals surface area (Å²) in [5.41, 5.74) is 3.11. The molecule has 0 radical (unpaired) electrons. The molecule has 0 aromatic heterocycles. The Morgan fingerprint density at radius 3 is 2.30 bits per heavy atom. The van der Waals surface area contributed by atoms with Crippen LogP contribution in [0.1, 0.15) is 28.4 Å². The van der Waals surface area contributed by atoms with Crippen molar-refractivity contribution in [1.29, 1.82) is 0 Å². The zero-order valence-corrected chi connectivity index (χ0v) is 14.0. The van der Waals surface area contributed by atoms with Crippen LogP contribution in [0, 0.1) is 19.7 Å². The van der Waals surface area contributed by atoms with Crippen LogP contribution in [0.4, 0.5) is 4.39 Å². The van der Waals surface area contributed by atoms with E-state index in [1.54, 1.807) is 12.1 Å². The second-order valence-corrected chi connectivity index (χ2v) is 6.50. The summed E-state index contributed by atoms with van der Waals surface area (Å²) in [6.07, 6.45) is 0.842. The maximum Gasteiger partial charge on any atom is 0.144 e. The lowest BCUT2D eigenvalue weighted by molar-refractivity contribution is 0.213. The number of aliphatic hydroxyl groups is 1. The van der Waals surface area contributed by atoms with Crippen molar-refractivity contribution in [3.05, 3.63) is 62.9 Å². The van der Waals surface area contributed by atoms with Gasteiger partial charge in [0.25, 0.3) is 0 Å². The van der Waals surface area contributed by atoms with Crippen LogP contribution < -0.4 is 0 Å². The summed E-state index contributed by atoms with van der Waals surface area (Å²) in [5.74, 6) is -0.362. The van der Waals surface area contributed by atoms with E-state index in [4.69, 9.17) is 0 Å². The lowest BCUT2D eigenvalue weighted by Crippen LogP contribution is -2.05. The van der Waals surface area contributed by atoms with Crippen LogP contribution in [0.15, 0.2) is 39.7 Å². The molecule has 1 nitrogen and oxygen atoms in total. The average molecular weight is 355 g/mol. The summed E-state index contributed by atoms with van der Waals surface area (Å²) in [6, 6.07) is 9.28. The molecule has 1 unspecified atom stereocenters. The summed E-state index contributed by atoms with van der Waals surface area (Å²) >= 11 is 4.67. The van der Waals surface area contributed by atoms with E-state index < -0.39 is 6.10 Å². The largest absolute Gasteiger partial charge is 0.384 e. The van der Waals surface area contributed by atoms with Crippen LogP contribution in [0.2, 0.25) is 0 Å². The minimum absolute atomic E-state index is 0.293. The summed E-state index contributed by atoms with van der Waals surface area (Å²) in [4.78, 5) is 0.534. The minimum atomic E-state index is -0.977. The fourth-order valence-corrected chi connectivity index (χ4v) is 3.31. The molecule has 2 aromatic rings. The van der Waals surface area contributed by atoms with E-state index in [0.717, 1.165) is 11.1 Å². The van der Waals surface area contributed by atoms with E-state index in [9.17, 15) is 9.50 Å². The third-order valence-electron chi connectivity index (χ3n) is 3.14. The van der Waals surface area contributed by atoms with Gasteiger partial charge in [-0.05, 0) is 37.8 Å². The Labute approximate surface area is 131 Å². The van der Waals surface area contributed by atoms with Gasteiger partial charge in [-0.1, -0.05) is 45.3 Å². The molecule has 0 amide bonds. The maximum absolute atomic E-state index is 14.5. The summed E-state index contributed by atoms with van der Waals surface area (Å²) in [5, 5.41) is 10.5. The van der Waals surface area contributed by atoms with Gasteiger partial charge in [-0.15, -0.1) is 11.8 Å². The number of hydrogen-bond donors (Lipinski definition) is 1. The van der Waals surface area contributed by atoms with Gasteiger partial charge in [-0.2, -0.15) is 0 Å². The van der Waals surface area contributed by atoms with E-state index in [-0.39, 0.29) is 5.82 Å². The molecule has 0 aliphatic rings. The number of aliphatic hydroxyl groups excluding tert-OH is 1. The second-order valence-electron chi connectivity index (χ2n) is 4.80. The summed E-state index contributed by atoms with van der Waals surface area (Å²) in [7, 11) is 0.